The van der Waals surface area contributed by atoms with Gasteiger partial charge in [-0.05, 0) is 106 Å². The molecule has 1 amide bonds. The van der Waals surface area contributed by atoms with Crippen molar-refractivity contribution in [1.82, 2.24) is 9.80 Å². The van der Waals surface area contributed by atoms with E-state index >= 15 is 0 Å². The average Bonchev–Trinajstić information content (AvgIpc) is 2.92. The van der Waals surface area contributed by atoms with Crippen LogP contribution in [-0.2, 0) is 12.8 Å². The van der Waals surface area contributed by atoms with Crippen LogP contribution in [0.5, 0.6) is 5.75 Å². The first kappa shape index (κ1) is 24.2. The molecule has 5 heteroatoms. The Morgan fingerprint density at radius 3 is 2.43 bits per heavy atom. The van der Waals surface area contributed by atoms with Crippen LogP contribution in [0.1, 0.15) is 66.9 Å². The number of carbonyl (C=O) groups excluding carboxylic acids is 1. The molecule has 35 heavy (non-hydrogen) atoms. The Morgan fingerprint density at radius 1 is 0.886 bits per heavy atom. The number of rotatable bonds is 7. The third-order valence-electron chi connectivity index (χ3n) is 8.16. The van der Waals surface area contributed by atoms with Crippen LogP contribution in [0.25, 0.3) is 0 Å². The van der Waals surface area contributed by atoms with Gasteiger partial charge in [0.05, 0.1) is 6.61 Å². The number of piperidine rings is 1. The Bertz CT molecular complexity index is 982. The molecule has 2 aliphatic heterocycles. The minimum Gasteiger partial charge on any atom is -0.494 e. The van der Waals surface area contributed by atoms with Crippen LogP contribution in [0.2, 0.25) is 0 Å². The van der Waals surface area contributed by atoms with Crippen molar-refractivity contribution < 1.29 is 9.53 Å². The molecule has 1 unspecified atom stereocenters. The molecule has 2 heterocycles. The summed E-state index contributed by atoms with van der Waals surface area (Å²) in [7, 11) is 0. The van der Waals surface area contributed by atoms with E-state index in [2.05, 4.69) is 53.1 Å². The van der Waals surface area contributed by atoms with Crippen molar-refractivity contribution in [3.05, 3.63) is 59.2 Å². The third kappa shape index (κ3) is 6.00. The highest BCUT2D eigenvalue weighted by Crippen LogP contribution is 2.25. The van der Waals surface area contributed by atoms with Crippen LogP contribution in [-0.4, -0.2) is 67.6 Å². The number of carbonyl (C=O) groups is 1. The van der Waals surface area contributed by atoms with Gasteiger partial charge in [0, 0.05) is 50.0 Å². The molecule has 1 aliphatic carbocycles. The first-order chi connectivity index (χ1) is 17.2. The molecule has 0 radical (unpaired) electrons. The normalized spacial score (nSPS) is 21.0. The number of anilines is 1. The Hall–Kier alpha value is -2.53. The van der Waals surface area contributed by atoms with Gasteiger partial charge in [-0.3, -0.25) is 4.79 Å². The van der Waals surface area contributed by atoms with E-state index in [1.54, 1.807) is 0 Å². The summed E-state index contributed by atoms with van der Waals surface area (Å²) in [4.78, 5) is 20.1. The highest BCUT2D eigenvalue weighted by atomic mass is 16.5. The number of amides is 1. The molecule has 2 saturated heterocycles. The lowest BCUT2D eigenvalue weighted by molar-refractivity contribution is 0.0746. The first-order valence-corrected chi connectivity index (χ1v) is 13.8. The number of likely N-dealkylation sites (tertiary alicyclic amines) is 1. The minimum absolute atomic E-state index is 0.181. The fraction of sp³-hybridized carbons (Fsp3) is 0.567. The van der Waals surface area contributed by atoms with Gasteiger partial charge in [0.2, 0.25) is 0 Å². The van der Waals surface area contributed by atoms with Crippen LogP contribution in [0.4, 0.5) is 5.69 Å². The van der Waals surface area contributed by atoms with Crippen molar-refractivity contribution in [2.24, 2.45) is 0 Å². The molecule has 0 bridgehead atoms. The second-order valence-corrected chi connectivity index (χ2v) is 10.5. The number of benzene rings is 2. The molecule has 5 nitrogen and oxygen atoms in total. The lowest BCUT2D eigenvalue weighted by Crippen LogP contribution is -2.48. The first-order valence-electron chi connectivity index (χ1n) is 13.8. The van der Waals surface area contributed by atoms with Crippen LogP contribution < -0.4 is 9.64 Å². The van der Waals surface area contributed by atoms with E-state index in [0.29, 0.717) is 0 Å². The van der Waals surface area contributed by atoms with Gasteiger partial charge in [-0.15, -0.1) is 0 Å². The van der Waals surface area contributed by atoms with Crippen LogP contribution in [0.15, 0.2) is 42.5 Å². The number of aryl methyl sites for hydroxylation is 2. The predicted molar refractivity (Wildman–Crippen MR) is 143 cm³/mol. The minimum atomic E-state index is 0.181. The molecular formula is C30H41N3O2. The standard InChI is InChI=1S/C30H41N3O2/c1-24-7-4-5-16-31(24)17-6-22-35-29-14-12-28(13-15-29)32-18-20-33(21-19-32)30(34)27-11-10-25-8-2-3-9-26(25)23-27/h10-15,23-24H,2-9,16-22H2,1H3. The summed E-state index contributed by atoms with van der Waals surface area (Å²) in [5, 5.41) is 0. The fourth-order valence-electron chi connectivity index (χ4n) is 5.92. The quantitative estimate of drug-likeness (QED) is 0.518. The van der Waals surface area contributed by atoms with Gasteiger partial charge in [0.15, 0.2) is 0 Å². The number of ether oxygens (including phenoxy) is 1. The second-order valence-electron chi connectivity index (χ2n) is 10.5. The SMILES string of the molecule is CC1CCCCN1CCCOc1ccc(N2CCN(C(=O)c3ccc4c(c3)CCCC4)CC2)cc1. The number of piperazine rings is 1. The van der Waals surface area contributed by atoms with Gasteiger partial charge < -0.3 is 19.4 Å². The lowest BCUT2D eigenvalue weighted by Gasteiger charge is -2.36. The molecule has 0 aromatic heterocycles. The Kier molecular flexibility index (Phi) is 7.92. The molecular weight excluding hydrogens is 434 g/mol. The molecule has 0 spiro atoms. The summed E-state index contributed by atoms with van der Waals surface area (Å²) >= 11 is 0. The lowest BCUT2D eigenvalue weighted by atomic mass is 9.90. The monoisotopic (exact) mass is 475 g/mol. The molecule has 1 atom stereocenters. The van der Waals surface area contributed by atoms with E-state index in [-0.39, 0.29) is 5.91 Å². The molecule has 3 aliphatic rings. The zero-order valence-corrected chi connectivity index (χ0v) is 21.4. The third-order valence-corrected chi connectivity index (χ3v) is 8.16. The van der Waals surface area contributed by atoms with Crippen molar-refractivity contribution in [1.29, 1.82) is 0 Å². The van der Waals surface area contributed by atoms with Crippen molar-refractivity contribution in [3.8, 4) is 5.75 Å². The highest BCUT2D eigenvalue weighted by Gasteiger charge is 2.23. The van der Waals surface area contributed by atoms with Gasteiger partial charge in [0.1, 0.15) is 5.75 Å². The summed E-state index contributed by atoms with van der Waals surface area (Å²) in [5.74, 6) is 1.13. The molecule has 2 aromatic rings. The van der Waals surface area contributed by atoms with Gasteiger partial charge in [0.25, 0.3) is 5.91 Å². The summed E-state index contributed by atoms with van der Waals surface area (Å²) in [6, 6.07) is 15.6. The zero-order chi connectivity index (χ0) is 24.0. The Labute approximate surface area is 211 Å². The average molecular weight is 476 g/mol. The highest BCUT2D eigenvalue weighted by molar-refractivity contribution is 5.94. The molecule has 5 rings (SSSR count). The molecule has 188 valence electrons. The van der Waals surface area contributed by atoms with Gasteiger partial charge in [-0.1, -0.05) is 12.5 Å². The van der Waals surface area contributed by atoms with Crippen LogP contribution in [0.3, 0.4) is 0 Å². The van der Waals surface area contributed by atoms with Gasteiger partial charge in [-0.2, -0.15) is 0 Å². The summed E-state index contributed by atoms with van der Waals surface area (Å²) in [6.07, 6.45) is 9.90. The Balaban J connectivity index is 1.07. The van der Waals surface area contributed by atoms with E-state index in [1.165, 1.54) is 55.5 Å². The van der Waals surface area contributed by atoms with Gasteiger partial charge in [-0.25, -0.2) is 0 Å². The molecule has 0 N–H and O–H groups in total. The van der Waals surface area contributed by atoms with E-state index in [9.17, 15) is 4.79 Å². The Morgan fingerprint density at radius 2 is 1.66 bits per heavy atom. The summed E-state index contributed by atoms with van der Waals surface area (Å²) in [5.41, 5.74) is 4.88. The topological polar surface area (TPSA) is 36.0 Å². The number of hydrogen-bond donors (Lipinski definition) is 0. The molecule has 0 saturated carbocycles. The van der Waals surface area contributed by atoms with Crippen molar-refractivity contribution in [2.45, 2.75) is 64.3 Å². The second kappa shape index (κ2) is 11.5. The maximum atomic E-state index is 13.1. The van der Waals surface area contributed by atoms with Crippen molar-refractivity contribution >= 4 is 11.6 Å². The van der Waals surface area contributed by atoms with Crippen molar-refractivity contribution in [2.75, 3.05) is 50.8 Å². The van der Waals surface area contributed by atoms with E-state index in [4.69, 9.17) is 4.74 Å². The predicted octanol–water partition coefficient (Wildman–Crippen LogP) is 5.17. The maximum Gasteiger partial charge on any atom is 0.253 e. The van der Waals surface area contributed by atoms with E-state index in [1.807, 2.05) is 11.0 Å². The largest absolute Gasteiger partial charge is 0.494 e. The summed E-state index contributed by atoms with van der Waals surface area (Å²) < 4.78 is 6.01. The molecule has 2 fully saturated rings. The van der Waals surface area contributed by atoms with E-state index < -0.39 is 0 Å². The number of fused-ring (bicyclic) bond motifs is 1. The van der Waals surface area contributed by atoms with Crippen LogP contribution >= 0.6 is 0 Å². The zero-order valence-electron chi connectivity index (χ0n) is 21.4. The fourth-order valence-corrected chi connectivity index (χ4v) is 5.92. The molecule has 2 aromatic carbocycles. The number of nitrogens with zero attached hydrogens (tertiary/aromatic N) is 3. The van der Waals surface area contributed by atoms with Crippen molar-refractivity contribution in [3.63, 3.8) is 0 Å². The number of hydrogen-bond acceptors (Lipinski definition) is 4. The maximum absolute atomic E-state index is 13.1. The van der Waals surface area contributed by atoms with E-state index in [0.717, 1.165) is 75.9 Å². The smallest absolute Gasteiger partial charge is 0.253 e. The van der Waals surface area contributed by atoms with Crippen LogP contribution in [0, 0.1) is 0 Å². The van der Waals surface area contributed by atoms with Gasteiger partial charge >= 0.3 is 0 Å². The summed E-state index contributed by atoms with van der Waals surface area (Å²) in [6.45, 7) is 8.76.